The van der Waals surface area contributed by atoms with Crippen LogP contribution >= 0.6 is 23.4 Å². The molecule has 0 aliphatic carbocycles. The fraction of sp³-hybridized carbons (Fsp3) is 0.0909. The zero-order chi connectivity index (χ0) is 15.0. The van der Waals surface area contributed by atoms with Crippen molar-refractivity contribution in [3.05, 3.63) is 41.3 Å². The van der Waals surface area contributed by atoms with Gasteiger partial charge in [0.1, 0.15) is 5.03 Å². The van der Waals surface area contributed by atoms with Gasteiger partial charge in [-0.25, -0.2) is 14.5 Å². The molecule has 0 radical (unpaired) electrons. The van der Waals surface area contributed by atoms with Gasteiger partial charge in [-0.1, -0.05) is 11.6 Å². The highest BCUT2D eigenvalue weighted by Crippen LogP contribution is 2.35. The molecule has 0 fully saturated rings. The minimum Gasteiger partial charge on any atom is -0.247 e. The van der Waals surface area contributed by atoms with Gasteiger partial charge in [0.25, 0.3) is 5.78 Å². The Bertz CT molecular complexity index is 771. The highest BCUT2D eigenvalue weighted by Gasteiger charge is 2.31. The first-order chi connectivity index (χ1) is 9.93. The number of fused-ring (bicyclic) bond motifs is 1. The van der Waals surface area contributed by atoms with Crippen molar-refractivity contribution in [1.82, 2.24) is 24.6 Å². The molecular weight excluding hydrogens is 327 g/mol. The van der Waals surface area contributed by atoms with E-state index in [1.54, 1.807) is 18.5 Å². The van der Waals surface area contributed by atoms with Crippen LogP contribution in [-0.2, 0) is 6.18 Å². The van der Waals surface area contributed by atoms with Crippen molar-refractivity contribution >= 4 is 29.1 Å². The molecule has 3 rings (SSSR count). The topological polar surface area (TPSA) is 56.0 Å². The Labute approximate surface area is 125 Å². The summed E-state index contributed by atoms with van der Waals surface area (Å²) in [5, 5.41) is 4.49. The smallest absolute Gasteiger partial charge is 0.247 e. The Balaban J connectivity index is 1.91. The molecule has 0 aromatic carbocycles. The molecule has 0 amide bonds. The van der Waals surface area contributed by atoms with Gasteiger partial charge in [0.05, 0.1) is 10.6 Å². The number of halogens is 4. The van der Waals surface area contributed by atoms with E-state index in [9.17, 15) is 13.2 Å². The molecule has 5 nitrogen and oxygen atoms in total. The van der Waals surface area contributed by atoms with Crippen LogP contribution < -0.4 is 0 Å². The third-order valence-corrected chi connectivity index (χ3v) is 3.69. The minimum atomic E-state index is -4.48. The van der Waals surface area contributed by atoms with E-state index in [1.165, 1.54) is 4.52 Å². The van der Waals surface area contributed by atoms with Gasteiger partial charge >= 0.3 is 6.18 Å². The maximum absolute atomic E-state index is 12.5. The van der Waals surface area contributed by atoms with Crippen LogP contribution in [0.1, 0.15) is 5.56 Å². The summed E-state index contributed by atoms with van der Waals surface area (Å²) in [7, 11) is 0. The molecule has 0 unspecified atom stereocenters. The first-order valence-corrected chi connectivity index (χ1v) is 6.71. The van der Waals surface area contributed by atoms with Gasteiger partial charge in [-0.05, 0) is 23.9 Å². The quantitative estimate of drug-likeness (QED) is 0.721. The van der Waals surface area contributed by atoms with Crippen molar-refractivity contribution in [1.29, 1.82) is 0 Å². The number of alkyl halides is 3. The van der Waals surface area contributed by atoms with Crippen LogP contribution in [0.15, 0.2) is 40.9 Å². The lowest BCUT2D eigenvalue weighted by molar-refractivity contribution is -0.137. The van der Waals surface area contributed by atoms with Crippen LogP contribution in [0.2, 0.25) is 5.02 Å². The molecule has 21 heavy (non-hydrogen) atoms. The molecule has 10 heteroatoms. The van der Waals surface area contributed by atoms with E-state index < -0.39 is 11.7 Å². The summed E-state index contributed by atoms with van der Waals surface area (Å²) in [6.45, 7) is 0. The van der Waals surface area contributed by atoms with Gasteiger partial charge < -0.3 is 0 Å². The second-order valence-electron chi connectivity index (χ2n) is 3.87. The van der Waals surface area contributed by atoms with E-state index in [0.717, 1.165) is 24.0 Å². The van der Waals surface area contributed by atoms with Crippen molar-refractivity contribution in [3.63, 3.8) is 0 Å². The Morgan fingerprint density at radius 2 is 2.05 bits per heavy atom. The highest BCUT2D eigenvalue weighted by molar-refractivity contribution is 7.99. The molecule has 0 bridgehead atoms. The monoisotopic (exact) mass is 331 g/mol. The van der Waals surface area contributed by atoms with Crippen LogP contribution in [-0.4, -0.2) is 24.6 Å². The zero-order valence-corrected chi connectivity index (χ0v) is 11.6. The average molecular weight is 332 g/mol. The molecule has 3 aromatic rings. The predicted octanol–water partition coefficient (Wildman–Crippen LogP) is 3.34. The second kappa shape index (κ2) is 5.15. The molecule has 0 saturated carbocycles. The molecule has 108 valence electrons. The van der Waals surface area contributed by atoms with E-state index in [0.29, 0.717) is 10.9 Å². The Hall–Kier alpha value is -1.87. The average Bonchev–Trinajstić information content (AvgIpc) is 2.82. The number of hydrogen-bond donors (Lipinski definition) is 0. The van der Waals surface area contributed by atoms with Crippen molar-refractivity contribution in [3.8, 4) is 0 Å². The normalized spacial score (nSPS) is 12.0. The zero-order valence-electron chi connectivity index (χ0n) is 10.0. The molecule has 0 saturated heterocycles. The number of hydrogen-bond acceptors (Lipinski definition) is 5. The third-order valence-electron chi connectivity index (χ3n) is 2.42. The van der Waals surface area contributed by atoms with Gasteiger partial charge in [0, 0.05) is 18.6 Å². The van der Waals surface area contributed by atoms with Crippen molar-refractivity contribution < 1.29 is 13.2 Å². The van der Waals surface area contributed by atoms with Gasteiger partial charge in [-0.2, -0.15) is 18.2 Å². The van der Waals surface area contributed by atoms with Crippen molar-refractivity contribution in [2.24, 2.45) is 0 Å². The predicted molar refractivity (Wildman–Crippen MR) is 69.2 cm³/mol. The summed E-state index contributed by atoms with van der Waals surface area (Å²) in [4.78, 5) is 11.8. The summed E-state index contributed by atoms with van der Waals surface area (Å²) in [5.74, 6) is 0.378. The number of pyridine rings is 1. The number of aromatic nitrogens is 5. The van der Waals surface area contributed by atoms with Crippen molar-refractivity contribution in [2.75, 3.05) is 0 Å². The molecule has 0 N–H and O–H groups in total. The third kappa shape index (κ3) is 2.93. The molecule has 0 atom stereocenters. The fourth-order valence-electron chi connectivity index (χ4n) is 1.50. The van der Waals surface area contributed by atoms with E-state index in [1.807, 2.05) is 0 Å². The maximum atomic E-state index is 12.5. The van der Waals surface area contributed by atoms with E-state index in [2.05, 4.69) is 20.1 Å². The summed E-state index contributed by atoms with van der Waals surface area (Å²) in [6.07, 6.45) is -0.545. The maximum Gasteiger partial charge on any atom is 0.417 e. The van der Waals surface area contributed by atoms with Crippen LogP contribution in [0, 0.1) is 0 Å². The molecular formula is C11H5ClF3N5S. The lowest BCUT2D eigenvalue weighted by Gasteiger charge is -2.07. The van der Waals surface area contributed by atoms with Gasteiger partial charge in [0.15, 0.2) is 0 Å². The van der Waals surface area contributed by atoms with E-state index >= 15 is 0 Å². The van der Waals surface area contributed by atoms with Gasteiger partial charge in [-0.3, -0.25) is 0 Å². The Morgan fingerprint density at radius 1 is 1.24 bits per heavy atom. The second-order valence-corrected chi connectivity index (χ2v) is 5.23. The van der Waals surface area contributed by atoms with Gasteiger partial charge in [-0.15, -0.1) is 5.10 Å². The van der Waals surface area contributed by atoms with Crippen LogP contribution in [0.4, 0.5) is 13.2 Å². The van der Waals surface area contributed by atoms with Crippen LogP contribution in [0.25, 0.3) is 5.78 Å². The molecule has 0 aliphatic heterocycles. The van der Waals surface area contributed by atoms with E-state index in [4.69, 9.17) is 11.6 Å². The first-order valence-electron chi connectivity index (χ1n) is 5.51. The summed E-state index contributed by atoms with van der Waals surface area (Å²) >= 11 is 6.79. The van der Waals surface area contributed by atoms with Crippen LogP contribution in [0.5, 0.6) is 0 Å². The number of rotatable bonds is 2. The fourth-order valence-corrected chi connectivity index (χ4v) is 2.47. The first kappa shape index (κ1) is 14.1. The lowest BCUT2D eigenvalue weighted by Crippen LogP contribution is -2.05. The largest absolute Gasteiger partial charge is 0.417 e. The lowest BCUT2D eigenvalue weighted by atomic mass is 10.3. The Kier molecular flexibility index (Phi) is 3.46. The molecule has 0 aliphatic rings. The molecule has 0 spiro atoms. The summed E-state index contributed by atoms with van der Waals surface area (Å²) < 4.78 is 39.0. The molecule has 3 aromatic heterocycles. The summed E-state index contributed by atoms with van der Waals surface area (Å²) in [6, 6.07) is 2.50. The summed E-state index contributed by atoms with van der Waals surface area (Å²) in [5.41, 5.74) is -0.901. The van der Waals surface area contributed by atoms with Crippen LogP contribution in [0.3, 0.4) is 0 Å². The Morgan fingerprint density at radius 3 is 2.71 bits per heavy atom. The highest BCUT2D eigenvalue weighted by atomic mass is 35.5. The SMILES string of the molecule is FC(F)(F)c1cnc(Sc2nc3ncccn3n2)c(Cl)c1. The standard InChI is InChI=1S/C11H5ClF3N5S/c12-7-4-6(11(13,14)15)5-17-8(7)21-10-18-9-16-2-1-3-20(9)19-10/h1-5H. The van der Waals surface area contributed by atoms with Gasteiger partial charge in [0.2, 0.25) is 5.16 Å². The number of nitrogens with zero attached hydrogens (tertiary/aromatic N) is 5. The molecule has 3 heterocycles. The minimum absolute atomic E-state index is 0.110. The van der Waals surface area contributed by atoms with E-state index in [-0.39, 0.29) is 10.0 Å². The van der Waals surface area contributed by atoms with Crippen molar-refractivity contribution in [2.45, 2.75) is 16.4 Å².